The van der Waals surface area contributed by atoms with Crippen LogP contribution in [0.4, 0.5) is 5.82 Å². The molecule has 0 unspecified atom stereocenters. The van der Waals surface area contributed by atoms with E-state index in [9.17, 15) is 4.79 Å². The number of hydrogen-bond donors (Lipinski definition) is 2. The Kier molecular flexibility index (Phi) is 4.43. The van der Waals surface area contributed by atoms with E-state index in [0.29, 0.717) is 17.4 Å². The van der Waals surface area contributed by atoms with Crippen LogP contribution in [0.1, 0.15) is 5.69 Å². The van der Waals surface area contributed by atoms with Gasteiger partial charge in [-0.1, -0.05) is 22.0 Å². The molecule has 4 rings (SSSR count). The van der Waals surface area contributed by atoms with Crippen molar-refractivity contribution >= 4 is 66.0 Å². The third-order valence-electron chi connectivity index (χ3n) is 3.91. The third kappa shape index (κ3) is 3.13. The highest BCUT2D eigenvalue weighted by Gasteiger charge is 2.14. The maximum Gasteiger partial charge on any atom is 0.258 e. The zero-order chi connectivity index (χ0) is 17.4. The van der Waals surface area contributed by atoms with E-state index in [0.717, 1.165) is 30.3 Å². The van der Waals surface area contributed by atoms with Crippen LogP contribution >= 0.6 is 38.5 Å². The van der Waals surface area contributed by atoms with E-state index in [1.165, 1.54) is 0 Å². The normalized spacial score (nSPS) is 11.1. The molecule has 0 spiro atoms. The minimum atomic E-state index is -0.137. The van der Waals surface area contributed by atoms with Crippen LogP contribution in [0.2, 0.25) is 0 Å². The Morgan fingerprint density at radius 3 is 2.88 bits per heavy atom. The van der Waals surface area contributed by atoms with Crippen LogP contribution < -0.4 is 10.9 Å². The Bertz CT molecular complexity index is 1140. The first-order valence-corrected chi connectivity index (χ1v) is 9.44. The molecule has 0 saturated heterocycles. The lowest BCUT2D eigenvalue weighted by atomic mass is 10.1. The summed E-state index contributed by atoms with van der Waals surface area (Å²) < 4.78 is 1.82. The predicted molar refractivity (Wildman–Crippen MR) is 112 cm³/mol. The number of rotatable bonds is 3. The van der Waals surface area contributed by atoms with Gasteiger partial charge in [-0.25, -0.2) is 4.98 Å². The first kappa shape index (κ1) is 16.5. The van der Waals surface area contributed by atoms with E-state index >= 15 is 0 Å². The lowest BCUT2D eigenvalue weighted by Crippen LogP contribution is -2.10. The number of fused-ring (bicyclic) bond motifs is 3. The van der Waals surface area contributed by atoms with Gasteiger partial charge in [0, 0.05) is 27.6 Å². The topological polar surface area (TPSA) is 70.7 Å². The minimum Gasteiger partial charge on any atom is -0.364 e. The molecule has 1 aromatic carbocycles. The van der Waals surface area contributed by atoms with Crippen molar-refractivity contribution in [1.82, 2.24) is 15.0 Å². The fraction of sp³-hybridized carbons (Fsp3) is 0.0556. The van der Waals surface area contributed by atoms with E-state index in [-0.39, 0.29) is 5.56 Å². The molecule has 5 nitrogen and oxygen atoms in total. The second kappa shape index (κ2) is 6.72. The zero-order valence-electron chi connectivity index (χ0n) is 12.9. The van der Waals surface area contributed by atoms with E-state index in [1.54, 1.807) is 12.4 Å². The number of benzene rings is 1. The van der Waals surface area contributed by atoms with Crippen molar-refractivity contribution < 1.29 is 0 Å². The van der Waals surface area contributed by atoms with Crippen LogP contribution in [-0.4, -0.2) is 15.0 Å². The van der Waals surface area contributed by atoms with Crippen molar-refractivity contribution in [1.29, 1.82) is 0 Å². The average molecular weight is 507 g/mol. The molecule has 7 heteroatoms. The van der Waals surface area contributed by atoms with Gasteiger partial charge in [0.25, 0.3) is 5.56 Å². The molecule has 3 heterocycles. The zero-order valence-corrected chi connectivity index (χ0v) is 16.6. The number of pyridine rings is 3. The second-order valence-electron chi connectivity index (χ2n) is 5.51. The SMILES string of the molecule is O=c1[nH]cc(I)c2nc(NCc3ccccn3)c3ccc(Br)cc3c12. The number of nitrogens with one attached hydrogen (secondary N) is 2. The molecule has 124 valence electrons. The van der Waals surface area contributed by atoms with Gasteiger partial charge in [0.2, 0.25) is 0 Å². The van der Waals surface area contributed by atoms with Crippen LogP contribution in [0.5, 0.6) is 0 Å². The fourth-order valence-corrected chi connectivity index (χ4v) is 3.68. The number of aromatic nitrogens is 3. The molecule has 0 fully saturated rings. The van der Waals surface area contributed by atoms with Gasteiger partial charge in [-0.2, -0.15) is 0 Å². The molecule has 0 aliphatic heterocycles. The number of halogens is 2. The maximum atomic E-state index is 12.4. The number of nitrogens with zero attached hydrogens (tertiary/aromatic N) is 2. The second-order valence-corrected chi connectivity index (χ2v) is 7.59. The van der Waals surface area contributed by atoms with Crippen LogP contribution in [0.25, 0.3) is 21.7 Å². The lowest BCUT2D eigenvalue weighted by molar-refractivity contribution is 1.04. The van der Waals surface area contributed by atoms with E-state index in [2.05, 4.69) is 53.8 Å². The van der Waals surface area contributed by atoms with Crippen LogP contribution in [-0.2, 0) is 6.54 Å². The van der Waals surface area contributed by atoms with Crippen molar-refractivity contribution in [3.63, 3.8) is 0 Å². The molecule has 3 aromatic heterocycles. The lowest BCUT2D eigenvalue weighted by Gasteiger charge is -2.12. The number of hydrogen-bond acceptors (Lipinski definition) is 4. The van der Waals surface area contributed by atoms with E-state index < -0.39 is 0 Å². The van der Waals surface area contributed by atoms with Gasteiger partial charge < -0.3 is 10.3 Å². The van der Waals surface area contributed by atoms with Gasteiger partial charge in [0.1, 0.15) is 5.82 Å². The standard InChI is InChI=1S/C18H12BrIN4O/c19-10-4-5-12-13(7-10)15-16(14(20)9-23-18(15)25)24-17(12)22-8-11-3-1-2-6-21-11/h1-7,9H,8H2,(H,22,24)(H,23,25). The molecule has 0 saturated carbocycles. The van der Waals surface area contributed by atoms with Crippen LogP contribution in [0.3, 0.4) is 0 Å². The number of aromatic amines is 1. The molecule has 0 aliphatic carbocycles. The number of H-pyrrole nitrogens is 1. The molecule has 25 heavy (non-hydrogen) atoms. The summed E-state index contributed by atoms with van der Waals surface area (Å²) in [5.41, 5.74) is 1.48. The summed E-state index contributed by atoms with van der Waals surface area (Å²) in [6.45, 7) is 0.560. The Balaban J connectivity index is 1.94. The summed E-state index contributed by atoms with van der Waals surface area (Å²) in [5, 5.41) is 5.73. The summed E-state index contributed by atoms with van der Waals surface area (Å²) in [4.78, 5) is 24.2. The van der Waals surface area contributed by atoms with Gasteiger partial charge in [-0.05, 0) is 52.9 Å². The summed E-state index contributed by atoms with van der Waals surface area (Å²) in [7, 11) is 0. The molecule has 0 radical (unpaired) electrons. The van der Waals surface area contributed by atoms with Crippen molar-refractivity contribution in [2.75, 3.05) is 5.32 Å². The molecule has 0 aliphatic rings. The van der Waals surface area contributed by atoms with Gasteiger partial charge in [-0.3, -0.25) is 9.78 Å². The van der Waals surface area contributed by atoms with Crippen molar-refractivity contribution in [2.45, 2.75) is 6.54 Å². The summed E-state index contributed by atoms with van der Waals surface area (Å²) in [6.07, 6.45) is 3.45. The quantitative estimate of drug-likeness (QED) is 0.318. The molecule has 0 amide bonds. The highest BCUT2D eigenvalue weighted by molar-refractivity contribution is 14.1. The van der Waals surface area contributed by atoms with Gasteiger partial charge in [-0.15, -0.1) is 0 Å². The smallest absolute Gasteiger partial charge is 0.258 e. The van der Waals surface area contributed by atoms with Crippen LogP contribution in [0, 0.1) is 3.57 Å². The Morgan fingerprint density at radius 1 is 1.20 bits per heavy atom. The largest absolute Gasteiger partial charge is 0.364 e. The Labute approximate surface area is 165 Å². The molecule has 0 bridgehead atoms. The summed E-state index contributed by atoms with van der Waals surface area (Å²) in [5.74, 6) is 0.740. The number of anilines is 1. The van der Waals surface area contributed by atoms with Gasteiger partial charge in [0.15, 0.2) is 0 Å². The van der Waals surface area contributed by atoms with Crippen molar-refractivity contribution in [2.24, 2.45) is 0 Å². The van der Waals surface area contributed by atoms with Crippen molar-refractivity contribution in [3.05, 3.63) is 72.9 Å². The van der Waals surface area contributed by atoms with E-state index in [4.69, 9.17) is 4.98 Å². The first-order chi connectivity index (χ1) is 12.1. The molecule has 0 atom stereocenters. The maximum absolute atomic E-state index is 12.4. The summed E-state index contributed by atoms with van der Waals surface area (Å²) >= 11 is 5.68. The van der Waals surface area contributed by atoms with Crippen molar-refractivity contribution in [3.8, 4) is 0 Å². The van der Waals surface area contributed by atoms with Gasteiger partial charge in [0.05, 0.1) is 26.7 Å². The Hall–Kier alpha value is -2.00. The first-order valence-electron chi connectivity index (χ1n) is 7.57. The Morgan fingerprint density at radius 2 is 2.08 bits per heavy atom. The molecule has 2 N–H and O–H groups in total. The fourth-order valence-electron chi connectivity index (χ4n) is 2.77. The molecular formula is C18H12BrIN4O. The van der Waals surface area contributed by atoms with Gasteiger partial charge >= 0.3 is 0 Å². The minimum absolute atomic E-state index is 0.137. The monoisotopic (exact) mass is 506 g/mol. The molecule has 4 aromatic rings. The predicted octanol–water partition coefficient (Wildman–Crippen LogP) is 4.45. The summed E-state index contributed by atoms with van der Waals surface area (Å²) in [6, 6.07) is 11.7. The van der Waals surface area contributed by atoms with E-state index in [1.807, 2.05) is 36.4 Å². The van der Waals surface area contributed by atoms with Crippen LogP contribution in [0.15, 0.2) is 58.1 Å². The highest BCUT2D eigenvalue weighted by atomic mass is 127. The molecular weight excluding hydrogens is 495 g/mol. The highest BCUT2D eigenvalue weighted by Crippen LogP contribution is 2.31. The average Bonchev–Trinajstić information content (AvgIpc) is 2.63. The third-order valence-corrected chi connectivity index (χ3v) is 5.23.